The average molecular weight is 1110 g/mol. The van der Waals surface area contributed by atoms with Crippen molar-refractivity contribution in [1.29, 1.82) is 0 Å². The van der Waals surface area contributed by atoms with E-state index in [1.165, 1.54) is 19.3 Å². The molecule has 0 aromatic rings. The van der Waals surface area contributed by atoms with Gasteiger partial charge in [-0.05, 0) is 161 Å². The van der Waals surface area contributed by atoms with E-state index in [2.05, 4.69) is 215 Å². The molecule has 6 heteroatoms. The van der Waals surface area contributed by atoms with E-state index in [1.54, 1.807) is 0 Å². The standard InChI is InChI=1S/C75H114O6/c1-4-7-10-13-16-19-22-25-28-30-32-34-36-37-39-40-42-44-47-50-53-56-59-62-65-68-74(77)80-71-72(70-79-73(76)67-64-61-58-55-52-49-46-27-24-21-18-15-12-9-6-3)81-75(78)69-66-63-60-57-54-51-48-45-43-41-38-35-33-31-29-26-23-20-17-14-11-8-5-2/h7-12,16-21,25-29,32-35,37,39,41-44,46,50,52-53,55,72H,4-6,13-15,22-24,30-31,36,38,40,45,47-49,51,54,56-71H2,1-3H3/b10-7-,11-8-,12-9-,19-16-,20-17-,21-18-,28-25-,29-26-,34-32-,35-33-,39-37-,43-41-,44-42-,46-27-,53-50-,55-52-. The van der Waals surface area contributed by atoms with Crippen molar-refractivity contribution >= 4 is 17.9 Å². The summed E-state index contributed by atoms with van der Waals surface area (Å²) >= 11 is 0. The lowest BCUT2D eigenvalue weighted by Crippen LogP contribution is -2.30. The molecule has 0 bridgehead atoms. The van der Waals surface area contributed by atoms with Gasteiger partial charge in [0.15, 0.2) is 6.10 Å². The molecular formula is C75H114O6. The zero-order chi connectivity index (χ0) is 58.5. The summed E-state index contributed by atoms with van der Waals surface area (Å²) in [4.78, 5) is 38.3. The zero-order valence-corrected chi connectivity index (χ0v) is 51.5. The highest BCUT2D eigenvalue weighted by atomic mass is 16.6. The van der Waals surface area contributed by atoms with Gasteiger partial charge in [0, 0.05) is 19.3 Å². The molecule has 0 radical (unpaired) electrons. The Hall–Kier alpha value is -5.75. The van der Waals surface area contributed by atoms with Gasteiger partial charge in [0.05, 0.1) is 0 Å². The Balaban J connectivity index is 4.55. The molecule has 81 heavy (non-hydrogen) atoms. The Bertz CT molecular complexity index is 1950. The number of carbonyl (C=O) groups excluding carboxylic acids is 3. The molecule has 0 heterocycles. The van der Waals surface area contributed by atoms with E-state index < -0.39 is 6.10 Å². The second-order valence-electron chi connectivity index (χ2n) is 20.2. The van der Waals surface area contributed by atoms with Crippen molar-refractivity contribution in [1.82, 2.24) is 0 Å². The van der Waals surface area contributed by atoms with Crippen molar-refractivity contribution < 1.29 is 28.6 Å². The second-order valence-corrected chi connectivity index (χ2v) is 20.2. The summed E-state index contributed by atoms with van der Waals surface area (Å²) in [5.41, 5.74) is 0. The SMILES string of the molecule is CC/C=C\C/C=C\C/C=C\C/C=C\C/C=C\C/C=C\C/C=C\CCCCCC(=O)OCC(COC(=O)CCCC/C=C\C/C=C\C/C=C\C/C=C\CC)OC(=O)CCCCCCCCC/C=C\C/C=C\C/C=C\C/C=C\C/C=C\CC. The minimum atomic E-state index is -0.830. The van der Waals surface area contributed by atoms with Crippen LogP contribution < -0.4 is 0 Å². The highest BCUT2D eigenvalue weighted by Crippen LogP contribution is 2.13. The van der Waals surface area contributed by atoms with Crippen LogP contribution in [0.5, 0.6) is 0 Å². The molecular weight excluding hydrogens is 997 g/mol. The highest BCUT2D eigenvalue weighted by molar-refractivity contribution is 5.71. The Morgan fingerprint density at radius 1 is 0.247 bits per heavy atom. The lowest BCUT2D eigenvalue weighted by Gasteiger charge is -2.18. The Morgan fingerprint density at radius 3 is 0.728 bits per heavy atom. The molecule has 0 fully saturated rings. The van der Waals surface area contributed by atoms with Gasteiger partial charge in [0.1, 0.15) is 13.2 Å². The van der Waals surface area contributed by atoms with Gasteiger partial charge in [0.25, 0.3) is 0 Å². The molecule has 450 valence electrons. The van der Waals surface area contributed by atoms with Crippen molar-refractivity contribution in [3.63, 3.8) is 0 Å². The van der Waals surface area contributed by atoms with Gasteiger partial charge in [-0.3, -0.25) is 14.4 Å². The monoisotopic (exact) mass is 1110 g/mol. The van der Waals surface area contributed by atoms with Crippen molar-refractivity contribution in [2.75, 3.05) is 13.2 Å². The molecule has 1 unspecified atom stereocenters. The number of ether oxygens (including phenoxy) is 3. The van der Waals surface area contributed by atoms with E-state index in [-0.39, 0.29) is 44.0 Å². The van der Waals surface area contributed by atoms with Crippen LogP contribution in [-0.2, 0) is 28.6 Å². The largest absolute Gasteiger partial charge is 0.462 e. The molecule has 0 saturated carbocycles. The molecule has 0 N–H and O–H groups in total. The van der Waals surface area contributed by atoms with Gasteiger partial charge >= 0.3 is 17.9 Å². The lowest BCUT2D eigenvalue weighted by molar-refractivity contribution is -0.167. The summed E-state index contributed by atoms with van der Waals surface area (Å²) in [6.07, 6.45) is 101. The summed E-state index contributed by atoms with van der Waals surface area (Å²) in [5, 5.41) is 0. The van der Waals surface area contributed by atoms with Crippen LogP contribution in [0.2, 0.25) is 0 Å². The number of allylic oxidation sites excluding steroid dienone is 32. The minimum absolute atomic E-state index is 0.124. The Kier molecular flexibility index (Phi) is 62.0. The molecule has 0 aliphatic rings. The fourth-order valence-electron chi connectivity index (χ4n) is 7.91. The molecule has 0 aliphatic carbocycles. The van der Waals surface area contributed by atoms with E-state index >= 15 is 0 Å². The number of carbonyl (C=O) groups is 3. The van der Waals surface area contributed by atoms with Crippen molar-refractivity contribution in [3.05, 3.63) is 194 Å². The number of hydrogen-bond donors (Lipinski definition) is 0. The van der Waals surface area contributed by atoms with Crippen LogP contribution in [-0.4, -0.2) is 37.2 Å². The number of rotatable bonds is 55. The Morgan fingerprint density at radius 2 is 0.444 bits per heavy atom. The normalized spacial score (nSPS) is 13.5. The molecule has 0 spiro atoms. The smallest absolute Gasteiger partial charge is 0.306 e. The van der Waals surface area contributed by atoms with Gasteiger partial charge in [-0.2, -0.15) is 0 Å². The van der Waals surface area contributed by atoms with Crippen LogP contribution >= 0.6 is 0 Å². The lowest BCUT2D eigenvalue weighted by atomic mass is 10.1. The topological polar surface area (TPSA) is 78.9 Å². The number of esters is 3. The summed E-state index contributed by atoms with van der Waals surface area (Å²) in [7, 11) is 0. The molecule has 0 rings (SSSR count). The predicted octanol–water partition coefficient (Wildman–Crippen LogP) is 22.2. The average Bonchev–Trinajstić information content (AvgIpc) is 3.47. The van der Waals surface area contributed by atoms with Crippen LogP contribution in [0.15, 0.2) is 194 Å². The van der Waals surface area contributed by atoms with Gasteiger partial charge < -0.3 is 14.2 Å². The van der Waals surface area contributed by atoms with Crippen molar-refractivity contribution in [2.24, 2.45) is 0 Å². The van der Waals surface area contributed by atoms with Crippen LogP contribution in [0.1, 0.15) is 239 Å². The van der Waals surface area contributed by atoms with Gasteiger partial charge in [0.2, 0.25) is 0 Å². The fraction of sp³-hybridized carbons (Fsp3) is 0.533. The third kappa shape index (κ3) is 64.9. The summed E-state index contributed by atoms with van der Waals surface area (Å²) in [5.74, 6) is -1.02. The quantitative estimate of drug-likeness (QED) is 0.0261. The van der Waals surface area contributed by atoms with E-state index in [1.807, 2.05) is 0 Å². The first kappa shape index (κ1) is 75.2. The van der Waals surface area contributed by atoms with Gasteiger partial charge in [-0.15, -0.1) is 0 Å². The third-order valence-electron chi connectivity index (χ3n) is 12.6. The maximum atomic E-state index is 12.9. The van der Waals surface area contributed by atoms with E-state index in [4.69, 9.17) is 14.2 Å². The molecule has 0 amide bonds. The van der Waals surface area contributed by atoms with Crippen molar-refractivity contribution in [2.45, 2.75) is 245 Å². The first-order chi connectivity index (χ1) is 40.0. The first-order valence-corrected chi connectivity index (χ1v) is 31.9. The van der Waals surface area contributed by atoms with Crippen LogP contribution in [0.3, 0.4) is 0 Å². The van der Waals surface area contributed by atoms with E-state index in [9.17, 15) is 14.4 Å². The maximum Gasteiger partial charge on any atom is 0.306 e. The Labute approximate surface area is 497 Å². The molecule has 0 aromatic carbocycles. The second kappa shape index (κ2) is 66.8. The van der Waals surface area contributed by atoms with Gasteiger partial charge in [-0.1, -0.05) is 254 Å². The fourth-order valence-corrected chi connectivity index (χ4v) is 7.91. The molecule has 1 atom stereocenters. The van der Waals surface area contributed by atoms with Gasteiger partial charge in [-0.25, -0.2) is 0 Å². The summed E-state index contributed by atoms with van der Waals surface area (Å²) < 4.78 is 16.9. The molecule has 0 aromatic heterocycles. The van der Waals surface area contributed by atoms with Crippen LogP contribution in [0.4, 0.5) is 0 Å². The van der Waals surface area contributed by atoms with E-state index in [0.29, 0.717) is 12.8 Å². The predicted molar refractivity (Wildman–Crippen MR) is 352 cm³/mol. The maximum absolute atomic E-state index is 12.9. The van der Waals surface area contributed by atoms with E-state index in [0.717, 1.165) is 173 Å². The van der Waals surface area contributed by atoms with Crippen LogP contribution in [0.25, 0.3) is 0 Å². The zero-order valence-electron chi connectivity index (χ0n) is 51.5. The summed E-state index contributed by atoms with van der Waals surface area (Å²) in [6.45, 7) is 6.21. The first-order valence-electron chi connectivity index (χ1n) is 31.9. The van der Waals surface area contributed by atoms with Crippen LogP contribution in [0, 0.1) is 0 Å². The number of hydrogen-bond acceptors (Lipinski definition) is 6. The minimum Gasteiger partial charge on any atom is -0.462 e. The molecule has 6 nitrogen and oxygen atoms in total. The summed E-state index contributed by atoms with van der Waals surface area (Å²) in [6, 6.07) is 0. The molecule has 0 saturated heterocycles. The number of unbranched alkanes of at least 4 members (excludes halogenated alkanes) is 12. The third-order valence-corrected chi connectivity index (χ3v) is 12.6. The van der Waals surface area contributed by atoms with Crippen molar-refractivity contribution in [3.8, 4) is 0 Å². The highest BCUT2D eigenvalue weighted by Gasteiger charge is 2.19. The molecule has 0 aliphatic heterocycles.